The molecule has 1 saturated heterocycles. The van der Waals surface area contributed by atoms with E-state index in [1.165, 1.54) is 0 Å². The van der Waals surface area contributed by atoms with Crippen molar-refractivity contribution >= 4 is 27.9 Å². The van der Waals surface area contributed by atoms with Gasteiger partial charge in [0.2, 0.25) is 5.88 Å². The molecule has 2 N–H and O–H groups in total. The predicted octanol–water partition coefficient (Wildman–Crippen LogP) is 2.72. The first kappa shape index (κ1) is 18.5. The van der Waals surface area contributed by atoms with E-state index in [0.29, 0.717) is 30.4 Å². The van der Waals surface area contributed by atoms with E-state index in [0.717, 1.165) is 0 Å². The summed E-state index contributed by atoms with van der Waals surface area (Å²) in [6.45, 7) is 6.58. The fourth-order valence-corrected chi connectivity index (χ4v) is 2.67. The molecular weight excluding hydrogens is 378 g/mol. The molecular formula is C16H22BrN3O4. The summed E-state index contributed by atoms with van der Waals surface area (Å²) >= 11 is 3.25. The Morgan fingerprint density at radius 1 is 1.33 bits per heavy atom. The number of halogens is 1. The van der Waals surface area contributed by atoms with Gasteiger partial charge in [-0.15, -0.1) is 0 Å². The lowest BCUT2D eigenvalue weighted by atomic mass is 10.1. The van der Waals surface area contributed by atoms with E-state index in [2.05, 4.69) is 20.9 Å². The lowest BCUT2D eigenvalue weighted by molar-refractivity contribution is 0.0122. The average molecular weight is 400 g/mol. The Morgan fingerprint density at radius 3 is 2.50 bits per heavy atom. The number of hydrogen-bond acceptors (Lipinski definition) is 5. The van der Waals surface area contributed by atoms with Crippen molar-refractivity contribution in [2.24, 2.45) is 5.73 Å². The quantitative estimate of drug-likeness (QED) is 0.842. The molecule has 0 unspecified atom stereocenters. The van der Waals surface area contributed by atoms with Gasteiger partial charge in [0, 0.05) is 36.6 Å². The summed E-state index contributed by atoms with van der Waals surface area (Å²) in [5.74, 6) is -0.369. The summed E-state index contributed by atoms with van der Waals surface area (Å²) in [6, 6.07) is 1.58. The first-order chi connectivity index (χ1) is 11.2. The third-order valence-electron chi connectivity index (χ3n) is 3.46. The molecule has 7 nitrogen and oxygen atoms in total. The molecule has 0 atom stereocenters. The number of carbonyl (C=O) groups excluding carboxylic acids is 2. The fourth-order valence-electron chi connectivity index (χ4n) is 2.34. The molecule has 2 heterocycles. The van der Waals surface area contributed by atoms with Crippen LogP contribution in [0.1, 0.15) is 44.0 Å². The summed E-state index contributed by atoms with van der Waals surface area (Å²) in [5, 5.41) is 0. The molecule has 8 heteroatoms. The van der Waals surface area contributed by atoms with E-state index in [1.807, 2.05) is 20.8 Å². The minimum atomic E-state index is -0.593. The number of ether oxygens (including phenoxy) is 2. The number of primary amides is 1. The third kappa shape index (κ3) is 5.09. The topological polar surface area (TPSA) is 94.8 Å². The molecule has 2 amide bonds. The Labute approximate surface area is 149 Å². The van der Waals surface area contributed by atoms with Crippen LogP contribution < -0.4 is 10.5 Å². The van der Waals surface area contributed by atoms with Crippen LogP contribution in [0, 0.1) is 0 Å². The Bertz CT molecular complexity index is 622. The molecule has 2 rings (SSSR count). The van der Waals surface area contributed by atoms with E-state index >= 15 is 0 Å². The highest BCUT2D eigenvalue weighted by atomic mass is 79.9. The molecule has 132 valence electrons. The zero-order valence-corrected chi connectivity index (χ0v) is 15.6. The minimum Gasteiger partial charge on any atom is -0.474 e. The fraction of sp³-hybridized carbons (Fsp3) is 0.562. The lowest BCUT2D eigenvalue weighted by Crippen LogP contribution is -2.44. The van der Waals surface area contributed by atoms with Crippen molar-refractivity contribution in [2.75, 3.05) is 13.1 Å². The molecule has 0 aliphatic carbocycles. The molecule has 1 aliphatic rings. The van der Waals surface area contributed by atoms with E-state index in [9.17, 15) is 9.59 Å². The van der Waals surface area contributed by atoms with Gasteiger partial charge in [0.25, 0.3) is 5.91 Å². The number of aromatic nitrogens is 1. The van der Waals surface area contributed by atoms with Gasteiger partial charge < -0.3 is 20.1 Å². The maximum atomic E-state index is 12.0. The van der Waals surface area contributed by atoms with Gasteiger partial charge in [-0.2, -0.15) is 0 Å². The first-order valence-corrected chi connectivity index (χ1v) is 8.55. The Morgan fingerprint density at radius 2 is 1.96 bits per heavy atom. The molecule has 1 aromatic heterocycles. The molecule has 1 aliphatic heterocycles. The van der Waals surface area contributed by atoms with Gasteiger partial charge in [-0.25, -0.2) is 9.78 Å². The number of hydrogen-bond donors (Lipinski definition) is 1. The molecule has 0 spiro atoms. The summed E-state index contributed by atoms with van der Waals surface area (Å²) < 4.78 is 11.8. The lowest BCUT2D eigenvalue weighted by Gasteiger charge is -2.33. The normalized spacial score (nSPS) is 15.9. The van der Waals surface area contributed by atoms with Crippen LogP contribution in [-0.2, 0) is 4.74 Å². The molecule has 0 bridgehead atoms. The zero-order chi connectivity index (χ0) is 17.9. The average Bonchev–Trinajstić information content (AvgIpc) is 2.48. The second-order valence-electron chi connectivity index (χ2n) is 6.66. The van der Waals surface area contributed by atoms with Crippen LogP contribution in [0.3, 0.4) is 0 Å². The zero-order valence-electron chi connectivity index (χ0n) is 14.0. The van der Waals surface area contributed by atoms with Crippen LogP contribution in [0.25, 0.3) is 0 Å². The van der Waals surface area contributed by atoms with Gasteiger partial charge in [-0.1, -0.05) is 0 Å². The molecule has 0 saturated carbocycles. The molecule has 24 heavy (non-hydrogen) atoms. The minimum absolute atomic E-state index is 0.129. The third-order valence-corrected chi connectivity index (χ3v) is 3.89. The number of piperidine rings is 1. The maximum Gasteiger partial charge on any atom is 0.410 e. The number of carbonyl (C=O) groups is 2. The highest BCUT2D eigenvalue weighted by Gasteiger charge is 2.28. The van der Waals surface area contributed by atoms with Gasteiger partial charge in [-0.05, 0) is 42.8 Å². The first-order valence-electron chi connectivity index (χ1n) is 7.75. The van der Waals surface area contributed by atoms with Crippen LogP contribution in [0.15, 0.2) is 16.7 Å². The van der Waals surface area contributed by atoms with Gasteiger partial charge in [0.1, 0.15) is 17.3 Å². The van der Waals surface area contributed by atoms with Crippen molar-refractivity contribution in [3.63, 3.8) is 0 Å². The number of pyridine rings is 1. The van der Waals surface area contributed by atoms with E-state index < -0.39 is 11.5 Å². The second kappa shape index (κ2) is 7.38. The number of nitrogens with two attached hydrogens (primary N) is 1. The van der Waals surface area contributed by atoms with E-state index in [4.69, 9.17) is 15.2 Å². The summed E-state index contributed by atoms with van der Waals surface area (Å²) in [7, 11) is 0. The van der Waals surface area contributed by atoms with Crippen molar-refractivity contribution in [1.82, 2.24) is 9.88 Å². The van der Waals surface area contributed by atoms with Crippen molar-refractivity contribution < 1.29 is 19.1 Å². The van der Waals surface area contributed by atoms with Crippen LogP contribution >= 0.6 is 15.9 Å². The van der Waals surface area contributed by atoms with Gasteiger partial charge in [0.15, 0.2) is 0 Å². The summed E-state index contributed by atoms with van der Waals surface area (Å²) in [6.07, 6.45) is 2.37. The van der Waals surface area contributed by atoms with Crippen LogP contribution in [0.5, 0.6) is 5.88 Å². The Kier molecular flexibility index (Phi) is 5.69. The van der Waals surface area contributed by atoms with Gasteiger partial charge in [0.05, 0.1) is 0 Å². The van der Waals surface area contributed by atoms with Crippen molar-refractivity contribution in [3.05, 3.63) is 22.3 Å². The van der Waals surface area contributed by atoms with Gasteiger partial charge >= 0.3 is 6.09 Å². The van der Waals surface area contributed by atoms with Crippen molar-refractivity contribution in [3.8, 4) is 5.88 Å². The van der Waals surface area contributed by atoms with Crippen molar-refractivity contribution in [1.29, 1.82) is 0 Å². The van der Waals surface area contributed by atoms with Crippen LogP contribution in [0.2, 0.25) is 0 Å². The SMILES string of the molecule is CC(C)(C)OC(=O)N1CCC(Oc2ncc(Br)cc2C(N)=O)CC1. The van der Waals surface area contributed by atoms with Crippen molar-refractivity contribution in [2.45, 2.75) is 45.3 Å². The molecule has 1 fully saturated rings. The Balaban J connectivity index is 1.94. The monoisotopic (exact) mass is 399 g/mol. The van der Waals surface area contributed by atoms with Crippen LogP contribution in [-0.4, -0.2) is 46.7 Å². The summed E-state index contributed by atoms with van der Waals surface area (Å²) in [5.41, 5.74) is 5.08. The number of amides is 2. The predicted molar refractivity (Wildman–Crippen MR) is 91.9 cm³/mol. The highest BCUT2D eigenvalue weighted by molar-refractivity contribution is 9.10. The largest absolute Gasteiger partial charge is 0.474 e. The molecule has 0 radical (unpaired) electrons. The Hall–Kier alpha value is -1.83. The second-order valence-corrected chi connectivity index (χ2v) is 7.57. The highest BCUT2D eigenvalue weighted by Crippen LogP contribution is 2.24. The van der Waals surface area contributed by atoms with E-state index in [1.54, 1.807) is 17.2 Å². The smallest absolute Gasteiger partial charge is 0.410 e. The maximum absolute atomic E-state index is 12.0. The number of nitrogens with zero attached hydrogens (tertiary/aromatic N) is 2. The van der Waals surface area contributed by atoms with Gasteiger partial charge in [-0.3, -0.25) is 4.79 Å². The number of rotatable bonds is 3. The van der Waals surface area contributed by atoms with Crippen LogP contribution in [0.4, 0.5) is 4.79 Å². The number of likely N-dealkylation sites (tertiary alicyclic amines) is 1. The molecule has 0 aromatic carbocycles. The standard InChI is InChI=1S/C16H22BrN3O4/c1-16(2,3)24-15(22)20-6-4-11(5-7-20)23-14-12(13(18)21)8-10(17)9-19-14/h8-9,11H,4-7H2,1-3H3,(H2,18,21). The van der Waals surface area contributed by atoms with E-state index in [-0.39, 0.29) is 23.6 Å². The summed E-state index contributed by atoms with van der Waals surface area (Å²) in [4.78, 5) is 29.3. The molecule has 1 aromatic rings.